The standard InChI is InChI=1S/C29H29N3O4/c1-19(21-9-6-11-23(17-21)36-2)30-27(33)22-10-5-8-20(16-22)18-32-25-13-4-3-12-24(25)28(34)31-15-7-14-26(31)29(32)35/h3-6,8-13,16-17,19,26H,7,14-15,18H2,1-2H3,(H,30,33)/t19-,26+/m0/s1. The van der Waals surface area contributed by atoms with E-state index in [9.17, 15) is 14.4 Å². The predicted molar refractivity (Wildman–Crippen MR) is 137 cm³/mol. The van der Waals surface area contributed by atoms with Crippen LogP contribution in [0.2, 0.25) is 0 Å². The first-order valence-electron chi connectivity index (χ1n) is 12.2. The van der Waals surface area contributed by atoms with Crippen molar-refractivity contribution in [2.75, 3.05) is 18.6 Å². The Labute approximate surface area is 210 Å². The first-order chi connectivity index (χ1) is 17.5. The van der Waals surface area contributed by atoms with Gasteiger partial charge < -0.3 is 19.9 Å². The summed E-state index contributed by atoms with van der Waals surface area (Å²) < 4.78 is 5.29. The molecule has 7 nitrogen and oxygen atoms in total. The summed E-state index contributed by atoms with van der Waals surface area (Å²) in [7, 11) is 1.61. The highest BCUT2D eigenvalue weighted by Crippen LogP contribution is 2.33. The van der Waals surface area contributed by atoms with Crippen LogP contribution in [-0.4, -0.2) is 42.3 Å². The van der Waals surface area contributed by atoms with Crippen molar-refractivity contribution in [2.24, 2.45) is 0 Å². The molecule has 2 aliphatic rings. The summed E-state index contributed by atoms with van der Waals surface area (Å²) in [6, 6.07) is 21.5. The van der Waals surface area contributed by atoms with E-state index in [1.165, 1.54) is 0 Å². The van der Waals surface area contributed by atoms with Crippen molar-refractivity contribution in [3.05, 3.63) is 95.1 Å². The largest absolute Gasteiger partial charge is 0.497 e. The molecule has 0 bridgehead atoms. The van der Waals surface area contributed by atoms with Gasteiger partial charge in [0.25, 0.3) is 11.8 Å². The number of carbonyl (C=O) groups excluding carboxylic acids is 3. The molecule has 1 fully saturated rings. The maximum atomic E-state index is 13.6. The molecular formula is C29H29N3O4. The van der Waals surface area contributed by atoms with E-state index in [1.54, 1.807) is 29.0 Å². The maximum absolute atomic E-state index is 13.6. The maximum Gasteiger partial charge on any atom is 0.256 e. The minimum atomic E-state index is -0.444. The number of benzene rings is 3. The molecular weight excluding hydrogens is 454 g/mol. The molecule has 0 unspecified atom stereocenters. The fraction of sp³-hybridized carbons (Fsp3) is 0.276. The number of hydrogen-bond acceptors (Lipinski definition) is 4. The number of amides is 3. The normalized spacial score (nSPS) is 17.8. The molecule has 3 aromatic carbocycles. The van der Waals surface area contributed by atoms with E-state index < -0.39 is 6.04 Å². The molecule has 3 aromatic rings. The van der Waals surface area contributed by atoms with E-state index in [4.69, 9.17) is 4.74 Å². The quantitative estimate of drug-likeness (QED) is 0.566. The molecule has 184 valence electrons. The van der Waals surface area contributed by atoms with Gasteiger partial charge in [-0.05, 0) is 67.3 Å². The lowest BCUT2D eigenvalue weighted by Gasteiger charge is -2.26. The topological polar surface area (TPSA) is 79.0 Å². The van der Waals surface area contributed by atoms with Gasteiger partial charge in [0, 0.05) is 12.1 Å². The number of rotatable bonds is 6. The van der Waals surface area contributed by atoms with Crippen molar-refractivity contribution in [2.45, 2.75) is 38.4 Å². The van der Waals surface area contributed by atoms with Crippen molar-refractivity contribution < 1.29 is 19.1 Å². The summed E-state index contributed by atoms with van der Waals surface area (Å²) in [5.74, 6) is 0.361. The highest BCUT2D eigenvalue weighted by atomic mass is 16.5. The number of methoxy groups -OCH3 is 1. The van der Waals surface area contributed by atoms with Gasteiger partial charge in [-0.1, -0.05) is 36.4 Å². The summed E-state index contributed by atoms with van der Waals surface area (Å²) >= 11 is 0. The zero-order valence-corrected chi connectivity index (χ0v) is 20.4. The molecule has 0 aromatic heterocycles. The second kappa shape index (κ2) is 9.85. The molecule has 0 radical (unpaired) electrons. The average molecular weight is 484 g/mol. The third-order valence-corrected chi connectivity index (χ3v) is 6.96. The number of hydrogen-bond donors (Lipinski definition) is 1. The smallest absolute Gasteiger partial charge is 0.256 e. The number of nitrogens with zero attached hydrogens (tertiary/aromatic N) is 2. The minimum Gasteiger partial charge on any atom is -0.497 e. The Morgan fingerprint density at radius 2 is 1.86 bits per heavy atom. The molecule has 0 saturated carbocycles. The van der Waals surface area contributed by atoms with E-state index in [2.05, 4.69) is 5.32 Å². The van der Waals surface area contributed by atoms with Crippen LogP contribution < -0.4 is 15.0 Å². The number of carbonyl (C=O) groups is 3. The van der Waals surface area contributed by atoms with Crippen molar-refractivity contribution in [1.82, 2.24) is 10.2 Å². The van der Waals surface area contributed by atoms with E-state index in [0.29, 0.717) is 29.8 Å². The van der Waals surface area contributed by atoms with Crippen LogP contribution in [0.5, 0.6) is 5.75 Å². The van der Waals surface area contributed by atoms with Gasteiger partial charge >= 0.3 is 0 Å². The fourth-order valence-electron chi connectivity index (χ4n) is 5.04. The molecule has 1 saturated heterocycles. The van der Waals surface area contributed by atoms with Crippen LogP contribution in [0, 0.1) is 0 Å². The van der Waals surface area contributed by atoms with Crippen LogP contribution in [0.4, 0.5) is 5.69 Å². The number of ether oxygens (including phenoxy) is 1. The van der Waals surface area contributed by atoms with Gasteiger partial charge in [-0.3, -0.25) is 14.4 Å². The van der Waals surface area contributed by atoms with Crippen molar-refractivity contribution in [3.8, 4) is 5.75 Å². The molecule has 36 heavy (non-hydrogen) atoms. The lowest BCUT2D eigenvalue weighted by molar-refractivity contribution is -0.122. The van der Waals surface area contributed by atoms with Gasteiger partial charge in [0.05, 0.1) is 30.9 Å². The first-order valence-corrected chi connectivity index (χ1v) is 12.2. The van der Waals surface area contributed by atoms with E-state index in [0.717, 1.165) is 23.3 Å². The van der Waals surface area contributed by atoms with Gasteiger partial charge in [0.2, 0.25) is 5.91 Å². The van der Waals surface area contributed by atoms with Gasteiger partial charge in [-0.25, -0.2) is 0 Å². The molecule has 2 aliphatic heterocycles. The summed E-state index contributed by atoms with van der Waals surface area (Å²) in [4.78, 5) is 43.2. The van der Waals surface area contributed by atoms with Gasteiger partial charge in [-0.15, -0.1) is 0 Å². The third kappa shape index (κ3) is 4.44. The van der Waals surface area contributed by atoms with E-state index in [1.807, 2.05) is 67.6 Å². The van der Waals surface area contributed by atoms with Gasteiger partial charge in [0.1, 0.15) is 11.8 Å². The minimum absolute atomic E-state index is 0.0766. The monoisotopic (exact) mass is 483 g/mol. The fourth-order valence-corrected chi connectivity index (χ4v) is 5.04. The zero-order valence-electron chi connectivity index (χ0n) is 20.4. The third-order valence-electron chi connectivity index (χ3n) is 6.96. The highest BCUT2D eigenvalue weighted by molar-refractivity contribution is 6.11. The molecule has 2 heterocycles. The molecule has 2 atom stereocenters. The second-order valence-electron chi connectivity index (χ2n) is 9.27. The summed E-state index contributed by atoms with van der Waals surface area (Å²) in [6.45, 7) is 2.80. The summed E-state index contributed by atoms with van der Waals surface area (Å²) in [5.41, 5.74) is 3.42. The SMILES string of the molecule is COc1cccc([C@H](C)NC(=O)c2cccc(CN3C(=O)[C@H]4CCCN4C(=O)c4ccccc43)c2)c1. The van der Waals surface area contributed by atoms with Crippen LogP contribution in [0.25, 0.3) is 0 Å². The molecule has 5 rings (SSSR count). The van der Waals surface area contributed by atoms with Crippen LogP contribution in [-0.2, 0) is 11.3 Å². The number of anilines is 1. The second-order valence-corrected chi connectivity index (χ2v) is 9.27. The van der Waals surface area contributed by atoms with Crippen molar-refractivity contribution in [1.29, 1.82) is 0 Å². The van der Waals surface area contributed by atoms with Crippen LogP contribution in [0.1, 0.15) is 57.7 Å². The van der Waals surface area contributed by atoms with E-state index >= 15 is 0 Å². The van der Waals surface area contributed by atoms with Crippen LogP contribution in [0.3, 0.4) is 0 Å². The Hall–Kier alpha value is -4.13. The molecule has 3 amide bonds. The van der Waals surface area contributed by atoms with Crippen LogP contribution >= 0.6 is 0 Å². The predicted octanol–water partition coefficient (Wildman–Crippen LogP) is 4.34. The Balaban J connectivity index is 1.38. The lowest BCUT2D eigenvalue weighted by Crippen LogP contribution is -2.44. The van der Waals surface area contributed by atoms with Crippen LogP contribution in [0.15, 0.2) is 72.8 Å². The number of nitrogens with one attached hydrogen (secondary N) is 1. The summed E-state index contributed by atoms with van der Waals surface area (Å²) in [5, 5.41) is 3.04. The lowest BCUT2D eigenvalue weighted by atomic mass is 10.1. The molecule has 0 aliphatic carbocycles. The van der Waals surface area contributed by atoms with Gasteiger partial charge in [0.15, 0.2) is 0 Å². The Bertz CT molecular complexity index is 1320. The Morgan fingerprint density at radius 1 is 1.06 bits per heavy atom. The Kier molecular flexibility index (Phi) is 6.46. The summed E-state index contributed by atoms with van der Waals surface area (Å²) in [6.07, 6.45) is 1.49. The van der Waals surface area contributed by atoms with E-state index in [-0.39, 0.29) is 30.3 Å². The first kappa shape index (κ1) is 23.6. The molecule has 1 N–H and O–H groups in total. The highest BCUT2D eigenvalue weighted by Gasteiger charge is 2.41. The number of para-hydroxylation sites is 1. The van der Waals surface area contributed by atoms with Crippen molar-refractivity contribution >= 4 is 23.4 Å². The number of fused-ring (bicyclic) bond motifs is 2. The Morgan fingerprint density at radius 3 is 2.69 bits per heavy atom. The molecule has 7 heteroatoms. The van der Waals surface area contributed by atoms with Gasteiger partial charge in [-0.2, -0.15) is 0 Å². The molecule has 0 spiro atoms. The average Bonchev–Trinajstić information content (AvgIpc) is 3.38. The zero-order chi connectivity index (χ0) is 25.2. The van der Waals surface area contributed by atoms with Crippen molar-refractivity contribution in [3.63, 3.8) is 0 Å².